The molecule has 0 spiro atoms. The van der Waals surface area contributed by atoms with Crippen molar-refractivity contribution in [2.75, 3.05) is 19.3 Å². The average molecular weight is 243 g/mol. The first-order chi connectivity index (χ1) is 8.25. The number of thioether (sulfide) groups is 1. The highest BCUT2D eigenvalue weighted by Crippen LogP contribution is 2.28. The molecule has 0 bridgehead atoms. The van der Waals surface area contributed by atoms with Crippen molar-refractivity contribution in [1.82, 2.24) is 4.90 Å². The van der Waals surface area contributed by atoms with Crippen molar-refractivity contribution in [3.63, 3.8) is 0 Å². The summed E-state index contributed by atoms with van der Waals surface area (Å²) in [6.07, 6.45) is 2.10. The fourth-order valence-corrected chi connectivity index (χ4v) is 3.12. The monoisotopic (exact) mass is 243 g/mol. The number of allylic oxidation sites excluding steroid dienone is 1. The summed E-state index contributed by atoms with van der Waals surface area (Å²) in [4.78, 5) is 6.57. The molecule has 0 amide bonds. The Labute approximate surface area is 105 Å². The first-order valence-corrected chi connectivity index (χ1v) is 6.57. The largest absolute Gasteiger partial charge is 0.369 e. The molecule has 0 atom stereocenters. The smallest absolute Gasteiger partial charge is 0.153 e. The number of nitrogens with zero attached hydrogens (tertiary/aromatic N) is 2. The van der Waals surface area contributed by atoms with E-state index in [1.165, 1.54) is 5.03 Å². The molecule has 1 saturated heterocycles. The molecular weight excluding hydrogens is 230 g/mol. The third-order valence-electron chi connectivity index (χ3n) is 3.00. The van der Waals surface area contributed by atoms with Gasteiger partial charge in [0.1, 0.15) is 0 Å². The van der Waals surface area contributed by atoms with Crippen molar-refractivity contribution in [2.45, 2.75) is 0 Å². The predicted octanol–water partition coefficient (Wildman–Crippen LogP) is 2.33. The van der Waals surface area contributed by atoms with Crippen LogP contribution in [-0.4, -0.2) is 35.8 Å². The van der Waals surface area contributed by atoms with Crippen molar-refractivity contribution in [2.24, 2.45) is 4.99 Å². The second-order valence-electron chi connectivity index (χ2n) is 4.14. The average Bonchev–Trinajstić information content (AvgIpc) is 2.87. The number of benzene rings is 1. The molecule has 0 aromatic heterocycles. The molecule has 4 heteroatoms. The minimum atomic E-state index is 0.373. The van der Waals surface area contributed by atoms with Gasteiger partial charge in [-0.3, -0.25) is 5.41 Å². The van der Waals surface area contributed by atoms with Gasteiger partial charge >= 0.3 is 0 Å². The molecule has 3 rings (SSSR count). The van der Waals surface area contributed by atoms with Crippen LogP contribution in [0.1, 0.15) is 11.1 Å². The summed E-state index contributed by atoms with van der Waals surface area (Å²) < 4.78 is 0. The quantitative estimate of drug-likeness (QED) is 0.822. The van der Waals surface area contributed by atoms with Crippen molar-refractivity contribution in [3.05, 3.63) is 46.5 Å². The van der Waals surface area contributed by atoms with Crippen LogP contribution in [0.15, 0.2) is 40.4 Å². The molecule has 1 N–H and O–H groups in total. The highest BCUT2D eigenvalue weighted by atomic mass is 32.2. The molecule has 1 aromatic rings. The lowest BCUT2D eigenvalue weighted by atomic mass is 10.1. The van der Waals surface area contributed by atoms with E-state index in [-0.39, 0.29) is 0 Å². The Morgan fingerprint density at radius 3 is 2.82 bits per heavy atom. The zero-order valence-corrected chi connectivity index (χ0v) is 10.4. The SMILES string of the molecule is CN1CCS/C1=C\C1=NC(=N)c2ccccc21. The van der Waals surface area contributed by atoms with Gasteiger partial charge in [-0.25, -0.2) is 4.99 Å². The van der Waals surface area contributed by atoms with E-state index in [4.69, 9.17) is 5.41 Å². The minimum Gasteiger partial charge on any atom is -0.369 e. The van der Waals surface area contributed by atoms with E-state index in [1.54, 1.807) is 0 Å². The standard InChI is InChI=1S/C13H13N3S/c1-16-6-7-17-12(16)8-11-9-4-2-3-5-10(9)13(14)15-11/h2-5,8,14H,6-7H2,1H3/b12-8-,14-13?. The Morgan fingerprint density at radius 2 is 2.12 bits per heavy atom. The molecule has 0 saturated carbocycles. The summed E-state index contributed by atoms with van der Waals surface area (Å²) in [6.45, 7) is 1.09. The van der Waals surface area contributed by atoms with Crippen molar-refractivity contribution >= 4 is 23.3 Å². The van der Waals surface area contributed by atoms with Crippen molar-refractivity contribution < 1.29 is 0 Å². The third-order valence-corrected chi connectivity index (χ3v) is 4.12. The highest BCUT2D eigenvalue weighted by molar-refractivity contribution is 8.03. The summed E-state index contributed by atoms with van der Waals surface area (Å²) in [5.74, 6) is 1.51. The lowest BCUT2D eigenvalue weighted by Crippen LogP contribution is -2.11. The maximum atomic E-state index is 7.85. The maximum Gasteiger partial charge on any atom is 0.153 e. The highest BCUT2D eigenvalue weighted by Gasteiger charge is 2.21. The van der Waals surface area contributed by atoms with Gasteiger partial charge in [0.2, 0.25) is 0 Å². The molecular formula is C13H13N3S. The predicted molar refractivity (Wildman–Crippen MR) is 73.0 cm³/mol. The zero-order valence-electron chi connectivity index (χ0n) is 9.60. The van der Waals surface area contributed by atoms with E-state index >= 15 is 0 Å². The van der Waals surface area contributed by atoms with Gasteiger partial charge in [-0.05, 0) is 6.08 Å². The van der Waals surface area contributed by atoms with Crippen LogP contribution in [0.2, 0.25) is 0 Å². The van der Waals surface area contributed by atoms with Crippen LogP contribution in [0.5, 0.6) is 0 Å². The zero-order chi connectivity index (χ0) is 11.8. The molecule has 2 aliphatic heterocycles. The fraction of sp³-hybridized carbons (Fsp3) is 0.231. The van der Waals surface area contributed by atoms with Crippen LogP contribution < -0.4 is 0 Å². The Kier molecular flexibility index (Phi) is 2.52. The minimum absolute atomic E-state index is 0.373. The Balaban J connectivity index is 2.01. The van der Waals surface area contributed by atoms with Gasteiger partial charge in [0.25, 0.3) is 0 Å². The number of aliphatic imine (C=N–C) groups is 1. The molecule has 1 aromatic carbocycles. The molecule has 1 fully saturated rings. The van der Waals surface area contributed by atoms with E-state index in [9.17, 15) is 0 Å². The maximum absolute atomic E-state index is 7.85. The summed E-state index contributed by atoms with van der Waals surface area (Å²) in [5.41, 5.74) is 2.93. The second kappa shape index (κ2) is 4.04. The summed E-state index contributed by atoms with van der Waals surface area (Å²) >= 11 is 1.85. The van der Waals surface area contributed by atoms with Crippen LogP contribution in [-0.2, 0) is 0 Å². The lowest BCUT2D eigenvalue weighted by molar-refractivity contribution is 0.493. The van der Waals surface area contributed by atoms with E-state index in [0.717, 1.165) is 29.1 Å². The van der Waals surface area contributed by atoms with Crippen LogP contribution >= 0.6 is 11.8 Å². The summed E-state index contributed by atoms with van der Waals surface area (Å²) in [5, 5.41) is 9.09. The molecule has 0 radical (unpaired) electrons. The third kappa shape index (κ3) is 1.78. The van der Waals surface area contributed by atoms with Gasteiger partial charge in [-0.1, -0.05) is 24.3 Å². The van der Waals surface area contributed by atoms with E-state index in [1.807, 2.05) is 36.0 Å². The fourth-order valence-electron chi connectivity index (χ4n) is 2.04. The molecule has 0 unspecified atom stereocenters. The first-order valence-electron chi connectivity index (χ1n) is 5.58. The Morgan fingerprint density at radius 1 is 1.35 bits per heavy atom. The second-order valence-corrected chi connectivity index (χ2v) is 5.26. The van der Waals surface area contributed by atoms with Crippen LogP contribution in [0.4, 0.5) is 0 Å². The number of rotatable bonds is 1. The molecule has 3 nitrogen and oxygen atoms in total. The van der Waals surface area contributed by atoms with Gasteiger partial charge in [-0.15, -0.1) is 11.8 Å². The van der Waals surface area contributed by atoms with E-state index < -0.39 is 0 Å². The first kappa shape index (κ1) is 10.6. The van der Waals surface area contributed by atoms with Gasteiger partial charge in [0, 0.05) is 30.5 Å². The topological polar surface area (TPSA) is 39.5 Å². The van der Waals surface area contributed by atoms with Crippen LogP contribution in [0, 0.1) is 5.41 Å². The normalized spacial score (nSPS) is 21.0. The van der Waals surface area contributed by atoms with E-state index in [2.05, 4.69) is 23.0 Å². The Hall–Kier alpha value is -1.55. The number of hydrogen-bond acceptors (Lipinski definition) is 3. The van der Waals surface area contributed by atoms with Crippen LogP contribution in [0.25, 0.3) is 0 Å². The molecule has 0 aliphatic carbocycles. The van der Waals surface area contributed by atoms with Crippen molar-refractivity contribution in [3.8, 4) is 0 Å². The number of nitrogens with one attached hydrogen (secondary N) is 1. The Bertz CT molecular complexity index is 545. The molecule has 17 heavy (non-hydrogen) atoms. The number of fused-ring (bicyclic) bond motifs is 1. The van der Waals surface area contributed by atoms with Gasteiger partial charge < -0.3 is 4.90 Å². The van der Waals surface area contributed by atoms with E-state index in [0.29, 0.717) is 5.84 Å². The number of hydrogen-bond donors (Lipinski definition) is 1. The van der Waals surface area contributed by atoms with Gasteiger partial charge in [0.05, 0.1) is 10.7 Å². The molecule has 2 heterocycles. The molecule has 2 aliphatic rings. The van der Waals surface area contributed by atoms with Crippen LogP contribution in [0.3, 0.4) is 0 Å². The van der Waals surface area contributed by atoms with Crippen molar-refractivity contribution in [1.29, 1.82) is 5.41 Å². The molecule has 86 valence electrons. The summed E-state index contributed by atoms with van der Waals surface area (Å²) in [6, 6.07) is 7.94. The van der Waals surface area contributed by atoms with Gasteiger partial charge in [-0.2, -0.15) is 0 Å². The van der Waals surface area contributed by atoms with Gasteiger partial charge in [0.15, 0.2) is 5.84 Å². The summed E-state index contributed by atoms with van der Waals surface area (Å²) in [7, 11) is 2.10. The lowest BCUT2D eigenvalue weighted by Gasteiger charge is -2.10. The number of amidine groups is 1.